The average molecular weight is 421 g/mol. The molecule has 0 spiro atoms. The quantitative estimate of drug-likeness (QED) is 0.723. The third kappa shape index (κ3) is 6.06. The van der Waals surface area contributed by atoms with Crippen molar-refractivity contribution in [2.75, 3.05) is 53.5 Å². The van der Waals surface area contributed by atoms with E-state index in [4.69, 9.17) is 20.8 Å². The fraction of sp³-hybridized carbons (Fsp3) is 0.429. The maximum absolute atomic E-state index is 12.5. The number of nitrogens with zero attached hydrogens (tertiary/aromatic N) is 2. The molecule has 1 aliphatic heterocycles. The SMILES string of the molecule is CN(Cc1ccc(-c2ccc(Cl)cc2)o1)C(=O)C[NH+](C)CC(=O)N1CCOCC1. The molecule has 1 atom stereocenters. The smallest absolute Gasteiger partial charge is 0.277 e. The van der Waals surface area contributed by atoms with Gasteiger partial charge in [0, 0.05) is 30.7 Å². The van der Waals surface area contributed by atoms with Crippen LogP contribution >= 0.6 is 11.6 Å². The topological polar surface area (TPSA) is 67.4 Å². The molecule has 1 unspecified atom stereocenters. The largest absolute Gasteiger partial charge is 0.459 e. The molecule has 1 fully saturated rings. The van der Waals surface area contributed by atoms with Gasteiger partial charge in [0.05, 0.1) is 26.8 Å². The van der Waals surface area contributed by atoms with E-state index in [-0.39, 0.29) is 18.4 Å². The maximum atomic E-state index is 12.5. The van der Waals surface area contributed by atoms with E-state index in [9.17, 15) is 9.59 Å². The summed E-state index contributed by atoms with van der Waals surface area (Å²) in [6.45, 7) is 3.31. The molecule has 0 bridgehead atoms. The van der Waals surface area contributed by atoms with Crippen molar-refractivity contribution >= 4 is 23.4 Å². The molecular formula is C21H27ClN3O4+. The summed E-state index contributed by atoms with van der Waals surface area (Å²) in [6, 6.07) is 11.2. The van der Waals surface area contributed by atoms with Crippen LogP contribution < -0.4 is 4.90 Å². The molecule has 1 aromatic heterocycles. The molecule has 1 N–H and O–H groups in total. The predicted octanol–water partition coefficient (Wildman–Crippen LogP) is 0.932. The molecule has 156 valence electrons. The highest BCUT2D eigenvalue weighted by atomic mass is 35.5. The van der Waals surface area contributed by atoms with Gasteiger partial charge >= 0.3 is 0 Å². The number of hydrogen-bond donors (Lipinski definition) is 1. The Bertz CT molecular complexity index is 831. The molecule has 3 rings (SSSR count). The van der Waals surface area contributed by atoms with Gasteiger partial charge < -0.3 is 23.9 Å². The van der Waals surface area contributed by atoms with Gasteiger partial charge in [-0.25, -0.2) is 0 Å². The molecule has 1 aliphatic rings. The number of nitrogens with one attached hydrogen (secondary N) is 1. The summed E-state index contributed by atoms with van der Waals surface area (Å²) >= 11 is 5.92. The first-order chi connectivity index (χ1) is 13.9. The van der Waals surface area contributed by atoms with Gasteiger partial charge in [-0.15, -0.1) is 0 Å². The van der Waals surface area contributed by atoms with Gasteiger partial charge in [-0.1, -0.05) is 11.6 Å². The van der Waals surface area contributed by atoms with E-state index in [2.05, 4.69) is 0 Å². The number of carbonyl (C=O) groups excluding carboxylic acids is 2. The van der Waals surface area contributed by atoms with Gasteiger partial charge in [0.1, 0.15) is 11.5 Å². The van der Waals surface area contributed by atoms with Crippen LogP contribution in [0.15, 0.2) is 40.8 Å². The third-order valence-electron chi connectivity index (χ3n) is 4.88. The molecule has 2 amide bonds. The lowest BCUT2D eigenvalue weighted by atomic mass is 10.2. The summed E-state index contributed by atoms with van der Waals surface area (Å²) in [7, 11) is 3.60. The van der Waals surface area contributed by atoms with Crippen molar-refractivity contribution in [2.45, 2.75) is 6.54 Å². The zero-order valence-corrected chi connectivity index (χ0v) is 17.6. The van der Waals surface area contributed by atoms with E-state index in [0.29, 0.717) is 50.2 Å². The lowest BCUT2D eigenvalue weighted by Gasteiger charge is -2.27. The molecule has 1 aromatic carbocycles. The van der Waals surface area contributed by atoms with E-state index >= 15 is 0 Å². The Morgan fingerprint density at radius 3 is 2.48 bits per heavy atom. The van der Waals surface area contributed by atoms with Crippen molar-refractivity contribution in [3.05, 3.63) is 47.2 Å². The van der Waals surface area contributed by atoms with E-state index in [1.165, 1.54) is 0 Å². The Kier molecular flexibility index (Phi) is 7.30. The normalized spacial score (nSPS) is 15.2. The Balaban J connectivity index is 1.48. The highest BCUT2D eigenvalue weighted by Gasteiger charge is 2.23. The maximum Gasteiger partial charge on any atom is 0.277 e. The number of hydrogen-bond acceptors (Lipinski definition) is 4. The average Bonchev–Trinajstić information content (AvgIpc) is 3.17. The number of morpholine rings is 1. The molecular weight excluding hydrogens is 394 g/mol. The van der Waals surface area contributed by atoms with Crippen molar-refractivity contribution in [1.29, 1.82) is 0 Å². The van der Waals surface area contributed by atoms with E-state index < -0.39 is 0 Å². The highest BCUT2D eigenvalue weighted by Crippen LogP contribution is 2.24. The van der Waals surface area contributed by atoms with Gasteiger partial charge in [-0.05, 0) is 36.4 Å². The van der Waals surface area contributed by atoms with Crippen LogP contribution in [0.25, 0.3) is 11.3 Å². The molecule has 29 heavy (non-hydrogen) atoms. The number of rotatable bonds is 7. The second kappa shape index (κ2) is 9.91. The van der Waals surface area contributed by atoms with Crippen molar-refractivity contribution < 1.29 is 23.6 Å². The highest BCUT2D eigenvalue weighted by molar-refractivity contribution is 6.30. The van der Waals surface area contributed by atoms with Crippen molar-refractivity contribution in [3.8, 4) is 11.3 Å². The Morgan fingerprint density at radius 2 is 1.79 bits per heavy atom. The van der Waals surface area contributed by atoms with Crippen molar-refractivity contribution in [2.24, 2.45) is 0 Å². The molecule has 0 saturated carbocycles. The number of furan rings is 1. The predicted molar refractivity (Wildman–Crippen MR) is 110 cm³/mol. The Labute approximate surface area is 175 Å². The van der Waals surface area contributed by atoms with Crippen LogP contribution in [0, 0.1) is 0 Å². The summed E-state index contributed by atoms with van der Waals surface area (Å²) in [4.78, 5) is 29.1. The van der Waals surface area contributed by atoms with Crippen LogP contribution in [0.1, 0.15) is 5.76 Å². The second-order valence-electron chi connectivity index (χ2n) is 7.33. The van der Waals surface area contributed by atoms with Gasteiger partial charge in [-0.2, -0.15) is 0 Å². The Hall–Kier alpha value is -2.35. The molecule has 7 nitrogen and oxygen atoms in total. The van der Waals surface area contributed by atoms with Crippen LogP contribution in [0.4, 0.5) is 0 Å². The number of ether oxygens (including phenoxy) is 1. The summed E-state index contributed by atoms with van der Waals surface area (Å²) in [5.74, 6) is 1.45. The lowest BCUT2D eigenvalue weighted by molar-refractivity contribution is -0.863. The summed E-state index contributed by atoms with van der Waals surface area (Å²) < 4.78 is 11.1. The minimum absolute atomic E-state index is 0.0401. The number of halogens is 1. The van der Waals surface area contributed by atoms with E-state index in [0.717, 1.165) is 16.2 Å². The second-order valence-corrected chi connectivity index (χ2v) is 7.76. The first kappa shape index (κ1) is 21.4. The minimum atomic E-state index is -0.0401. The van der Waals surface area contributed by atoms with Crippen LogP contribution in [0.5, 0.6) is 0 Å². The monoisotopic (exact) mass is 420 g/mol. The first-order valence-corrected chi connectivity index (χ1v) is 10.1. The van der Waals surface area contributed by atoms with Crippen LogP contribution in [0.3, 0.4) is 0 Å². The van der Waals surface area contributed by atoms with Gasteiger partial charge in [0.15, 0.2) is 13.1 Å². The molecule has 2 aromatic rings. The summed E-state index contributed by atoms with van der Waals surface area (Å²) in [5.41, 5.74) is 0.931. The third-order valence-corrected chi connectivity index (χ3v) is 5.13. The zero-order valence-electron chi connectivity index (χ0n) is 16.8. The fourth-order valence-electron chi connectivity index (χ4n) is 3.19. The number of amides is 2. The van der Waals surface area contributed by atoms with Gasteiger partial charge in [-0.3, -0.25) is 9.59 Å². The number of quaternary nitrogens is 1. The van der Waals surface area contributed by atoms with Crippen LogP contribution in [-0.2, 0) is 20.9 Å². The van der Waals surface area contributed by atoms with Gasteiger partial charge in [0.25, 0.3) is 11.8 Å². The Morgan fingerprint density at radius 1 is 1.10 bits per heavy atom. The first-order valence-electron chi connectivity index (χ1n) is 9.68. The van der Waals surface area contributed by atoms with E-state index in [1.807, 2.05) is 43.4 Å². The fourth-order valence-corrected chi connectivity index (χ4v) is 3.32. The van der Waals surface area contributed by atoms with Crippen LogP contribution in [0.2, 0.25) is 5.02 Å². The standard InChI is InChI=1S/C21H26ClN3O4/c1-23(15-21(27)25-9-11-28-12-10-25)14-20(26)24(2)13-18-7-8-19(29-18)16-3-5-17(22)6-4-16/h3-8H,9-15H2,1-2H3/p+1. The zero-order chi connectivity index (χ0) is 20.8. The lowest BCUT2D eigenvalue weighted by Crippen LogP contribution is -3.11. The number of likely N-dealkylation sites (N-methyl/N-ethyl adjacent to an activating group) is 2. The molecule has 0 aliphatic carbocycles. The molecule has 2 heterocycles. The van der Waals surface area contributed by atoms with Crippen molar-refractivity contribution in [3.63, 3.8) is 0 Å². The van der Waals surface area contributed by atoms with Gasteiger partial charge in [0.2, 0.25) is 0 Å². The number of carbonyl (C=O) groups is 2. The molecule has 0 radical (unpaired) electrons. The van der Waals surface area contributed by atoms with Crippen LogP contribution in [-0.4, -0.2) is 75.1 Å². The summed E-state index contributed by atoms with van der Waals surface area (Å²) in [6.07, 6.45) is 0. The molecule has 8 heteroatoms. The summed E-state index contributed by atoms with van der Waals surface area (Å²) in [5, 5.41) is 0.671. The van der Waals surface area contributed by atoms with Crippen molar-refractivity contribution in [1.82, 2.24) is 9.80 Å². The number of benzene rings is 1. The minimum Gasteiger partial charge on any atom is -0.459 e. The van der Waals surface area contributed by atoms with E-state index in [1.54, 1.807) is 16.8 Å². The molecule has 1 saturated heterocycles.